The molecular weight excluding hydrogens is 802 g/mol. The topological polar surface area (TPSA) is 19.0 Å². The van der Waals surface area contributed by atoms with Crippen LogP contribution in [0, 0.1) is 0 Å². The van der Waals surface area contributed by atoms with Crippen molar-refractivity contribution < 1.29 is 4.74 Å². The SMILES string of the molecule is CC1(C)c2cc3c(cc2-c2cc4ccc(N(c5ccccc5)c5ccccc5)cc4cc21)Oc1cccc2c1B3c1ccc(N(c3ccccc3)c3ccccc3)cc1N2c1ccccc1. The van der Waals surface area contributed by atoms with E-state index in [9.17, 15) is 0 Å². The molecule has 2 heterocycles. The largest absolute Gasteiger partial charge is 0.458 e. The highest BCUT2D eigenvalue weighted by Crippen LogP contribution is 2.52. The molecule has 0 N–H and O–H groups in total. The number of benzene rings is 10. The molecule has 0 saturated carbocycles. The lowest BCUT2D eigenvalue weighted by Crippen LogP contribution is -2.59. The lowest BCUT2D eigenvalue weighted by Gasteiger charge is -2.41. The fourth-order valence-corrected chi connectivity index (χ4v) is 11.0. The molecule has 0 aromatic heterocycles. The van der Waals surface area contributed by atoms with E-state index < -0.39 is 0 Å². The van der Waals surface area contributed by atoms with Crippen molar-refractivity contribution in [1.29, 1.82) is 0 Å². The van der Waals surface area contributed by atoms with E-state index in [0.29, 0.717) is 0 Å². The van der Waals surface area contributed by atoms with Gasteiger partial charge in [0.05, 0.1) is 0 Å². The molecule has 312 valence electrons. The molecule has 0 spiro atoms. The van der Waals surface area contributed by atoms with E-state index in [2.05, 4.69) is 259 Å². The van der Waals surface area contributed by atoms with E-state index in [4.69, 9.17) is 4.74 Å². The van der Waals surface area contributed by atoms with Crippen molar-refractivity contribution in [1.82, 2.24) is 0 Å². The second-order valence-corrected chi connectivity index (χ2v) is 18.1. The minimum Gasteiger partial charge on any atom is -0.458 e. The second kappa shape index (κ2) is 14.9. The third-order valence-electron chi connectivity index (χ3n) is 14.0. The van der Waals surface area contributed by atoms with Crippen molar-refractivity contribution in [2.75, 3.05) is 14.7 Å². The van der Waals surface area contributed by atoms with Gasteiger partial charge in [0.25, 0.3) is 6.71 Å². The van der Waals surface area contributed by atoms with Gasteiger partial charge in [0.2, 0.25) is 0 Å². The Kier molecular flexibility index (Phi) is 8.63. The summed E-state index contributed by atoms with van der Waals surface area (Å²) >= 11 is 0. The Bertz CT molecular complexity index is 3410. The van der Waals surface area contributed by atoms with E-state index in [-0.39, 0.29) is 12.1 Å². The first-order valence-corrected chi connectivity index (χ1v) is 22.9. The molecule has 0 unspecified atom stereocenters. The molecule has 0 fully saturated rings. The number of hydrogen-bond donors (Lipinski definition) is 0. The average molecular weight is 846 g/mol. The number of para-hydroxylation sites is 5. The molecule has 10 aromatic carbocycles. The van der Waals surface area contributed by atoms with Crippen molar-refractivity contribution in [3.8, 4) is 22.6 Å². The van der Waals surface area contributed by atoms with Crippen LogP contribution in [0.15, 0.2) is 231 Å². The number of hydrogen-bond acceptors (Lipinski definition) is 4. The van der Waals surface area contributed by atoms with Gasteiger partial charge in [-0.05, 0) is 165 Å². The third-order valence-corrected chi connectivity index (χ3v) is 14.0. The molecule has 4 nitrogen and oxygen atoms in total. The van der Waals surface area contributed by atoms with E-state index >= 15 is 0 Å². The minimum absolute atomic E-state index is 0.0424. The van der Waals surface area contributed by atoms with Crippen LogP contribution in [0.5, 0.6) is 11.5 Å². The third kappa shape index (κ3) is 5.93. The zero-order chi connectivity index (χ0) is 43.9. The zero-order valence-electron chi connectivity index (χ0n) is 36.8. The summed E-state index contributed by atoms with van der Waals surface area (Å²) in [6.45, 7) is 4.74. The molecule has 0 atom stereocenters. The Morgan fingerprint density at radius 3 is 1.53 bits per heavy atom. The highest BCUT2D eigenvalue weighted by Gasteiger charge is 2.45. The van der Waals surface area contributed by atoms with Crippen molar-refractivity contribution in [3.05, 3.63) is 242 Å². The van der Waals surface area contributed by atoms with Gasteiger partial charge in [-0.25, -0.2) is 0 Å². The Hall–Kier alpha value is -8.28. The summed E-state index contributed by atoms with van der Waals surface area (Å²) in [7, 11) is 0. The van der Waals surface area contributed by atoms with Gasteiger partial charge < -0.3 is 19.4 Å². The number of anilines is 9. The molecule has 0 bridgehead atoms. The molecule has 3 aliphatic rings. The average Bonchev–Trinajstić information content (AvgIpc) is 3.57. The number of ether oxygens (including phenoxy) is 1. The van der Waals surface area contributed by atoms with Gasteiger partial charge in [0.1, 0.15) is 11.5 Å². The monoisotopic (exact) mass is 845 g/mol. The van der Waals surface area contributed by atoms with Crippen molar-refractivity contribution in [3.63, 3.8) is 0 Å². The quantitative estimate of drug-likeness (QED) is 0.149. The lowest BCUT2D eigenvalue weighted by atomic mass is 9.34. The molecular formula is C61H44BN3O. The number of rotatable bonds is 7. The van der Waals surface area contributed by atoms with Crippen molar-refractivity contribution >= 4 is 85.1 Å². The van der Waals surface area contributed by atoms with Gasteiger partial charge in [-0.15, -0.1) is 0 Å². The van der Waals surface area contributed by atoms with Crippen molar-refractivity contribution in [2.45, 2.75) is 19.3 Å². The molecule has 1 aliphatic carbocycles. The van der Waals surface area contributed by atoms with Crippen LogP contribution in [0.4, 0.5) is 51.2 Å². The maximum absolute atomic E-state index is 7.08. The van der Waals surface area contributed by atoms with Gasteiger partial charge in [0, 0.05) is 56.6 Å². The second-order valence-electron chi connectivity index (χ2n) is 18.1. The van der Waals surface area contributed by atoms with E-state index in [1.807, 2.05) is 0 Å². The molecule has 0 amide bonds. The summed E-state index contributed by atoms with van der Waals surface area (Å²) in [4.78, 5) is 7.13. The highest BCUT2D eigenvalue weighted by atomic mass is 16.5. The summed E-state index contributed by atoms with van der Waals surface area (Å²) in [5.74, 6) is 1.82. The zero-order valence-corrected chi connectivity index (χ0v) is 36.8. The summed E-state index contributed by atoms with van der Waals surface area (Å²) in [5, 5.41) is 2.44. The first kappa shape index (κ1) is 38.2. The van der Waals surface area contributed by atoms with Crippen LogP contribution in [-0.2, 0) is 5.41 Å². The predicted molar refractivity (Wildman–Crippen MR) is 277 cm³/mol. The first-order valence-electron chi connectivity index (χ1n) is 22.9. The Balaban J connectivity index is 0.967. The van der Waals surface area contributed by atoms with E-state index in [0.717, 1.165) is 62.7 Å². The molecule has 5 heteroatoms. The van der Waals surface area contributed by atoms with Gasteiger partial charge in [0.15, 0.2) is 0 Å². The Morgan fingerprint density at radius 2 is 0.924 bits per heavy atom. The first-order chi connectivity index (χ1) is 32.5. The Labute approximate surface area is 386 Å². The molecule has 0 radical (unpaired) electrons. The maximum atomic E-state index is 7.08. The Morgan fingerprint density at radius 1 is 0.394 bits per heavy atom. The van der Waals surface area contributed by atoms with E-state index in [1.165, 1.54) is 49.4 Å². The predicted octanol–water partition coefficient (Wildman–Crippen LogP) is 14.5. The molecule has 13 rings (SSSR count). The normalized spacial score (nSPS) is 13.5. The van der Waals surface area contributed by atoms with Crippen LogP contribution in [-0.4, -0.2) is 6.71 Å². The smallest absolute Gasteiger partial charge is 0.256 e. The van der Waals surface area contributed by atoms with Gasteiger partial charge >= 0.3 is 0 Å². The standard InChI is InChI=1S/C61H44BN3O/c1-61(2)52-37-42-35-48(63(43-19-8-3-9-20-43)44-21-10-4-11-22-44)32-31-41(42)36-50(52)51-39-59-55(40-53(51)61)62-54-34-33-49(64(45-23-12-5-13-24-45)46-25-14-6-15-26-46)38-57(54)65(47-27-16-7-17-28-47)56-29-18-30-58(66-59)60(56)62/h3-40H,1-2H3. The lowest BCUT2D eigenvalue weighted by molar-refractivity contribution is 0.487. The number of fused-ring (bicyclic) bond motifs is 8. The summed E-state index contributed by atoms with van der Waals surface area (Å²) < 4.78 is 7.08. The molecule has 66 heavy (non-hydrogen) atoms. The molecule has 0 saturated heterocycles. The van der Waals surface area contributed by atoms with Crippen LogP contribution in [0.1, 0.15) is 25.0 Å². The minimum atomic E-state index is -0.258. The van der Waals surface area contributed by atoms with Gasteiger partial charge in [-0.3, -0.25) is 0 Å². The van der Waals surface area contributed by atoms with Gasteiger partial charge in [-0.1, -0.05) is 129 Å². The van der Waals surface area contributed by atoms with Crippen LogP contribution >= 0.6 is 0 Å². The summed E-state index contributed by atoms with van der Waals surface area (Å²) in [6, 6.07) is 83.5. The van der Waals surface area contributed by atoms with Crippen LogP contribution in [0.3, 0.4) is 0 Å². The van der Waals surface area contributed by atoms with Crippen LogP contribution in [0.2, 0.25) is 0 Å². The molecule has 2 aliphatic heterocycles. The molecule has 10 aromatic rings. The maximum Gasteiger partial charge on any atom is 0.256 e. The number of nitrogens with zero attached hydrogens (tertiary/aromatic N) is 3. The van der Waals surface area contributed by atoms with Crippen LogP contribution < -0.4 is 35.8 Å². The fourth-order valence-electron chi connectivity index (χ4n) is 11.0. The van der Waals surface area contributed by atoms with Crippen molar-refractivity contribution in [2.24, 2.45) is 0 Å². The summed E-state index contributed by atoms with van der Waals surface area (Å²) in [6.07, 6.45) is 0. The van der Waals surface area contributed by atoms with Gasteiger partial charge in [-0.2, -0.15) is 0 Å². The van der Waals surface area contributed by atoms with Crippen LogP contribution in [0.25, 0.3) is 21.9 Å². The summed E-state index contributed by atoms with van der Waals surface area (Å²) in [5.41, 5.74) is 18.7. The van der Waals surface area contributed by atoms with E-state index in [1.54, 1.807) is 0 Å². The fraction of sp³-hybridized carbons (Fsp3) is 0.0492. The highest BCUT2D eigenvalue weighted by molar-refractivity contribution is 6.99.